The molecule has 0 radical (unpaired) electrons. The van der Waals surface area contributed by atoms with Gasteiger partial charge in [0, 0.05) is 9.35 Å². The van der Waals surface area contributed by atoms with Gasteiger partial charge in [0.15, 0.2) is 0 Å². The molecule has 0 fully saturated rings. The molecule has 1 heterocycles. The molecular formula is C11H14BrNS. The standard InChI is InChI=1S/C11H14BrNS/c1-13-10(8-4-2-3-5-8)11-9(12)6-7-14-11/h4,6-7,10,13H,2-3,5H2,1H3. The van der Waals surface area contributed by atoms with Crippen molar-refractivity contribution in [1.82, 2.24) is 5.32 Å². The van der Waals surface area contributed by atoms with E-state index in [-0.39, 0.29) is 0 Å². The lowest BCUT2D eigenvalue weighted by Crippen LogP contribution is -2.17. The Balaban J connectivity index is 2.25. The number of likely N-dealkylation sites (N-methyl/N-ethyl adjacent to an activating group) is 1. The largest absolute Gasteiger partial charge is 0.309 e. The molecule has 1 atom stereocenters. The Kier molecular flexibility index (Phi) is 3.42. The van der Waals surface area contributed by atoms with Crippen LogP contribution < -0.4 is 5.32 Å². The summed E-state index contributed by atoms with van der Waals surface area (Å²) in [5.41, 5.74) is 1.55. The molecule has 2 rings (SSSR count). The summed E-state index contributed by atoms with van der Waals surface area (Å²) in [5, 5.41) is 5.54. The lowest BCUT2D eigenvalue weighted by molar-refractivity contribution is 0.664. The van der Waals surface area contributed by atoms with Crippen molar-refractivity contribution in [3.63, 3.8) is 0 Å². The molecule has 1 aromatic heterocycles. The van der Waals surface area contributed by atoms with E-state index in [1.807, 2.05) is 18.4 Å². The van der Waals surface area contributed by atoms with E-state index in [2.05, 4.69) is 38.8 Å². The second kappa shape index (κ2) is 4.60. The van der Waals surface area contributed by atoms with E-state index in [0.717, 1.165) is 0 Å². The molecule has 1 unspecified atom stereocenters. The van der Waals surface area contributed by atoms with Crippen LogP contribution in [0.2, 0.25) is 0 Å². The minimum atomic E-state index is 0.423. The first-order valence-corrected chi connectivity index (χ1v) is 6.59. The van der Waals surface area contributed by atoms with Crippen molar-refractivity contribution >= 4 is 27.3 Å². The fraction of sp³-hybridized carbons (Fsp3) is 0.455. The van der Waals surface area contributed by atoms with Gasteiger partial charge >= 0.3 is 0 Å². The summed E-state index contributed by atoms with van der Waals surface area (Å²) in [5.74, 6) is 0. The van der Waals surface area contributed by atoms with Gasteiger partial charge in [-0.25, -0.2) is 0 Å². The number of halogens is 1. The zero-order chi connectivity index (χ0) is 9.97. The van der Waals surface area contributed by atoms with Crippen LogP contribution in [0.5, 0.6) is 0 Å². The first kappa shape index (κ1) is 10.4. The van der Waals surface area contributed by atoms with Crippen molar-refractivity contribution in [2.45, 2.75) is 25.3 Å². The molecule has 0 saturated carbocycles. The van der Waals surface area contributed by atoms with Gasteiger partial charge in [-0.3, -0.25) is 0 Å². The zero-order valence-electron chi connectivity index (χ0n) is 8.22. The van der Waals surface area contributed by atoms with Crippen LogP contribution in [0, 0.1) is 0 Å². The third-order valence-electron chi connectivity index (χ3n) is 2.64. The summed E-state index contributed by atoms with van der Waals surface area (Å²) >= 11 is 5.42. The Morgan fingerprint density at radius 2 is 2.43 bits per heavy atom. The van der Waals surface area contributed by atoms with Gasteiger partial charge in [-0.05, 0) is 53.7 Å². The van der Waals surface area contributed by atoms with Gasteiger partial charge in [-0.1, -0.05) is 11.6 Å². The summed E-state index contributed by atoms with van der Waals surface area (Å²) in [6.07, 6.45) is 6.19. The monoisotopic (exact) mass is 271 g/mol. The van der Waals surface area contributed by atoms with Crippen LogP contribution in [0.1, 0.15) is 30.2 Å². The number of thiophene rings is 1. The van der Waals surface area contributed by atoms with Crippen molar-refractivity contribution in [3.8, 4) is 0 Å². The van der Waals surface area contributed by atoms with Crippen molar-refractivity contribution in [1.29, 1.82) is 0 Å². The molecule has 0 spiro atoms. The number of rotatable bonds is 3. The number of hydrogen-bond donors (Lipinski definition) is 1. The van der Waals surface area contributed by atoms with E-state index in [4.69, 9.17) is 0 Å². The first-order valence-electron chi connectivity index (χ1n) is 4.92. The third-order valence-corrected chi connectivity index (χ3v) is 4.58. The Bertz CT molecular complexity index is 343. The van der Waals surface area contributed by atoms with Crippen molar-refractivity contribution in [2.24, 2.45) is 0 Å². The highest BCUT2D eigenvalue weighted by atomic mass is 79.9. The molecule has 76 valence electrons. The molecule has 0 saturated heterocycles. The predicted molar refractivity (Wildman–Crippen MR) is 65.8 cm³/mol. The maximum absolute atomic E-state index is 3.60. The molecular weight excluding hydrogens is 258 g/mol. The third kappa shape index (κ3) is 1.95. The highest BCUT2D eigenvalue weighted by molar-refractivity contribution is 9.10. The fourth-order valence-corrected chi connectivity index (χ4v) is 3.71. The lowest BCUT2D eigenvalue weighted by atomic mass is 10.1. The van der Waals surface area contributed by atoms with Crippen molar-refractivity contribution in [2.75, 3.05) is 7.05 Å². The van der Waals surface area contributed by atoms with Gasteiger partial charge in [0.25, 0.3) is 0 Å². The number of hydrogen-bond acceptors (Lipinski definition) is 2. The minimum absolute atomic E-state index is 0.423. The van der Waals surface area contributed by atoms with Crippen LogP contribution in [0.15, 0.2) is 27.6 Å². The van der Waals surface area contributed by atoms with E-state index in [0.29, 0.717) is 6.04 Å². The Morgan fingerprint density at radius 3 is 2.93 bits per heavy atom. The summed E-state index contributed by atoms with van der Waals surface area (Å²) in [4.78, 5) is 1.40. The normalized spacial score (nSPS) is 18.3. The SMILES string of the molecule is CNC(C1=CCCC1)c1sccc1Br. The molecule has 0 aliphatic heterocycles. The molecule has 0 aromatic carbocycles. The summed E-state index contributed by atoms with van der Waals surface area (Å²) in [7, 11) is 2.04. The lowest BCUT2D eigenvalue weighted by Gasteiger charge is -2.16. The molecule has 0 amide bonds. The predicted octanol–water partition coefficient (Wildman–Crippen LogP) is 3.88. The van der Waals surface area contributed by atoms with E-state index in [9.17, 15) is 0 Å². The highest BCUT2D eigenvalue weighted by Gasteiger charge is 2.20. The van der Waals surface area contributed by atoms with Crippen LogP contribution in [0.4, 0.5) is 0 Å². The average Bonchev–Trinajstić information content (AvgIpc) is 2.80. The molecule has 0 bridgehead atoms. The molecule has 3 heteroatoms. The van der Waals surface area contributed by atoms with Crippen LogP contribution in [-0.4, -0.2) is 7.05 Å². The fourth-order valence-electron chi connectivity index (χ4n) is 1.95. The minimum Gasteiger partial charge on any atom is -0.309 e. The number of nitrogens with one attached hydrogen (secondary N) is 1. The topological polar surface area (TPSA) is 12.0 Å². The number of allylic oxidation sites excluding steroid dienone is 1. The van der Waals surface area contributed by atoms with Crippen LogP contribution in [0.25, 0.3) is 0 Å². The van der Waals surface area contributed by atoms with Gasteiger partial charge < -0.3 is 5.32 Å². The second-order valence-electron chi connectivity index (χ2n) is 3.53. The molecule has 1 aliphatic carbocycles. The molecule has 1 aromatic rings. The maximum Gasteiger partial charge on any atom is 0.0639 e. The zero-order valence-corrected chi connectivity index (χ0v) is 10.6. The van der Waals surface area contributed by atoms with Gasteiger partial charge in [-0.2, -0.15) is 0 Å². The molecule has 1 N–H and O–H groups in total. The quantitative estimate of drug-likeness (QED) is 0.823. The summed E-state index contributed by atoms with van der Waals surface area (Å²) < 4.78 is 1.23. The van der Waals surface area contributed by atoms with E-state index < -0.39 is 0 Å². The van der Waals surface area contributed by atoms with Gasteiger partial charge in [0.05, 0.1) is 6.04 Å². The van der Waals surface area contributed by atoms with Crippen molar-refractivity contribution in [3.05, 3.63) is 32.4 Å². The molecule has 1 nitrogen and oxygen atoms in total. The Morgan fingerprint density at radius 1 is 1.57 bits per heavy atom. The van der Waals surface area contributed by atoms with Crippen LogP contribution >= 0.6 is 27.3 Å². The van der Waals surface area contributed by atoms with E-state index in [1.165, 1.54) is 28.6 Å². The summed E-state index contributed by atoms with van der Waals surface area (Å²) in [6.45, 7) is 0. The average molecular weight is 272 g/mol. The second-order valence-corrected chi connectivity index (χ2v) is 5.33. The smallest absolute Gasteiger partial charge is 0.0639 e. The van der Waals surface area contributed by atoms with Crippen molar-refractivity contribution < 1.29 is 0 Å². The highest BCUT2D eigenvalue weighted by Crippen LogP contribution is 2.36. The Labute approximate surface area is 97.3 Å². The Hall–Kier alpha value is -0.120. The van der Waals surface area contributed by atoms with Gasteiger partial charge in [0.2, 0.25) is 0 Å². The maximum atomic E-state index is 3.60. The van der Waals surface area contributed by atoms with Gasteiger partial charge in [0.1, 0.15) is 0 Å². The molecule has 14 heavy (non-hydrogen) atoms. The summed E-state index contributed by atoms with van der Waals surface area (Å²) in [6, 6.07) is 2.55. The van der Waals surface area contributed by atoms with E-state index >= 15 is 0 Å². The van der Waals surface area contributed by atoms with Crippen LogP contribution in [0.3, 0.4) is 0 Å². The van der Waals surface area contributed by atoms with Crippen LogP contribution in [-0.2, 0) is 0 Å². The molecule has 1 aliphatic rings. The first-order chi connectivity index (χ1) is 6.83. The van der Waals surface area contributed by atoms with E-state index in [1.54, 1.807) is 5.57 Å². The van der Waals surface area contributed by atoms with Gasteiger partial charge in [-0.15, -0.1) is 11.3 Å².